The van der Waals surface area contributed by atoms with Crippen molar-refractivity contribution in [1.29, 1.82) is 0 Å². The van der Waals surface area contributed by atoms with Crippen molar-refractivity contribution in [1.82, 2.24) is 4.90 Å². The lowest BCUT2D eigenvalue weighted by Crippen LogP contribution is -2.55. The van der Waals surface area contributed by atoms with Crippen LogP contribution in [0.15, 0.2) is 0 Å². The van der Waals surface area contributed by atoms with E-state index in [0.29, 0.717) is 19.7 Å². The zero-order valence-corrected chi connectivity index (χ0v) is 10.8. The van der Waals surface area contributed by atoms with Crippen molar-refractivity contribution in [2.24, 2.45) is 11.1 Å². The van der Waals surface area contributed by atoms with Crippen LogP contribution in [0.25, 0.3) is 0 Å². The molecule has 2 N–H and O–H groups in total. The van der Waals surface area contributed by atoms with Gasteiger partial charge in [0.05, 0.1) is 18.8 Å². The average Bonchev–Trinajstić information content (AvgIpc) is 2.26. The molecular weight excluding hydrogens is 204 g/mol. The molecule has 0 aromatic heterocycles. The maximum atomic E-state index is 12.2. The van der Waals surface area contributed by atoms with Gasteiger partial charge in [0.2, 0.25) is 5.91 Å². The molecule has 0 radical (unpaired) electrons. The maximum Gasteiger partial charge on any atom is 0.240 e. The monoisotopic (exact) mass is 228 g/mol. The molecule has 1 heterocycles. The van der Waals surface area contributed by atoms with Gasteiger partial charge in [0.25, 0.3) is 0 Å². The number of amides is 1. The van der Waals surface area contributed by atoms with Gasteiger partial charge in [-0.2, -0.15) is 0 Å². The Kier molecular flexibility index (Phi) is 4.33. The Bertz CT molecular complexity index is 248. The number of carbonyl (C=O) groups is 1. The van der Waals surface area contributed by atoms with Crippen LogP contribution in [0.1, 0.15) is 34.1 Å². The highest BCUT2D eigenvalue weighted by molar-refractivity contribution is 5.82. The fourth-order valence-corrected chi connectivity index (χ4v) is 1.73. The standard InChI is InChI=1S/C12H24N2O2/c1-5-9-8-14(6-7-16-9)11(15)10(13)12(2,3)4/h9-10H,5-8,13H2,1-4H3/t9?,10-/m0/s1. The summed E-state index contributed by atoms with van der Waals surface area (Å²) in [5.74, 6) is 0.0502. The van der Waals surface area contributed by atoms with E-state index in [-0.39, 0.29) is 17.4 Å². The SMILES string of the molecule is CCC1CN(C(=O)[C@H](N)C(C)(C)C)CCO1. The molecule has 0 bridgehead atoms. The number of ether oxygens (including phenoxy) is 1. The zero-order valence-electron chi connectivity index (χ0n) is 10.8. The number of hydrogen-bond donors (Lipinski definition) is 1. The van der Waals surface area contributed by atoms with Crippen molar-refractivity contribution in [3.05, 3.63) is 0 Å². The van der Waals surface area contributed by atoms with Crippen LogP contribution in [0.2, 0.25) is 0 Å². The van der Waals surface area contributed by atoms with Gasteiger partial charge in [-0.15, -0.1) is 0 Å². The summed E-state index contributed by atoms with van der Waals surface area (Å²) in [5, 5.41) is 0. The molecule has 2 atom stereocenters. The summed E-state index contributed by atoms with van der Waals surface area (Å²) in [7, 11) is 0. The molecule has 0 aromatic carbocycles. The average molecular weight is 228 g/mol. The minimum Gasteiger partial charge on any atom is -0.375 e. The molecule has 0 spiro atoms. The van der Waals surface area contributed by atoms with Crippen molar-refractivity contribution in [3.63, 3.8) is 0 Å². The van der Waals surface area contributed by atoms with Gasteiger partial charge < -0.3 is 15.4 Å². The number of hydrogen-bond acceptors (Lipinski definition) is 3. The number of morpholine rings is 1. The van der Waals surface area contributed by atoms with E-state index in [9.17, 15) is 4.79 Å². The van der Waals surface area contributed by atoms with Crippen LogP contribution in [0.3, 0.4) is 0 Å². The van der Waals surface area contributed by atoms with Crippen molar-refractivity contribution >= 4 is 5.91 Å². The maximum absolute atomic E-state index is 12.2. The molecule has 1 saturated heterocycles. The lowest BCUT2D eigenvalue weighted by molar-refractivity contribution is -0.142. The third kappa shape index (κ3) is 3.19. The van der Waals surface area contributed by atoms with Crippen molar-refractivity contribution in [3.8, 4) is 0 Å². The Morgan fingerprint density at radius 3 is 2.69 bits per heavy atom. The molecule has 4 heteroatoms. The third-order valence-electron chi connectivity index (χ3n) is 3.10. The first-order valence-corrected chi connectivity index (χ1v) is 6.02. The van der Waals surface area contributed by atoms with E-state index in [1.807, 2.05) is 25.7 Å². The highest BCUT2D eigenvalue weighted by Gasteiger charge is 2.33. The summed E-state index contributed by atoms with van der Waals surface area (Å²) in [6.07, 6.45) is 1.11. The van der Waals surface area contributed by atoms with Crippen LogP contribution in [0.4, 0.5) is 0 Å². The minimum absolute atomic E-state index is 0.0502. The van der Waals surface area contributed by atoms with Crippen LogP contribution in [-0.4, -0.2) is 42.6 Å². The topological polar surface area (TPSA) is 55.6 Å². The highest BCUT2D eigenvalue weighted by Crippen LogP contribution is 2.20. The molecule has 4 nitrogen and oxygen atoms in total. The van der Waals surface area contributed by atoms with Crippen LogP contribution in [-0.2, 0) is 9.53 Å². The summed E-state index contributed by atoms with van der Waals surface area (Å²) in [4.78, 5) is 14.0. The molecule has 0 aromatic rings. The Morgan fingerprint density at radius 2 is 2.19 bits per heavy atom. The molecule has 1 rings (SSSR count). The first-order valence-electron chi connectivity index (χ1n) is 6.02. The number of carbonyl (C=O) groups excluding carboxylic acids is 1. The molecular formula is C12H24N2O2. The summed E-state index contributed by atoms with van der Waals surface area (Å²) < 4.78 is 5.54. The first kappa shape index (κ1) is 13.5. The number of rotatable bonds is 2. The van der Waals surface area contributed by atoms with Gasteiger partial charge in [-0.1, -0.05) is 27.7 Å². The normalized spacial score (nSPS) is 24.3. The third-order valence-corrected chi connectivity index (χ3v) is 3.10. The van der Waals surface area contributed by atoms with Gasteiger partial charge in [0.15, 0.2) is 0 Å². The lowest BCUT2D eigenvalue weighted by atomic mass is 9.86. The van der Waals surface area contributed by atoms with Gasteiger partial charge in [0.1, 0.15) is 0 Å². The van der Waals surface area contributed by atoms with E-state index in [4.69, 9.17) is 10.5 Å². The highest BCUT2D eigenvalue weighted by atomic mass is 16.5. The zero-order chi connectivity index (χ0) is 12.3. The summed E-state index contributed by atoms with van der Waals surface area (Å²) in [5.41, 5.74) is 5.80. The quantitative estimate of drug-likeness (QED) is 0.767. The molecule has 0 aliphatic carbocycles. The van der Waals surface area contributed by atoms with E-state index < -0.39 is 6.04 Å². The summed E-state index contributed by atoms with van der Waals surface area (Å²) >= 11 is 0. The van der Waals surface area contributed by atoms with Crippen molar-refractivity contribution < 1.29 is 9.53 Å². The smallest absolute Gasteiger partial charge is 0.240 e. The summed E-state index contributed by atoms with van der Waals surface area (Å²) in [6, 6.07) is -0.428. The van der Waals surface area contributed by atoms with E-state index in [2.05, 4.69) is 6.92 Å². The Labute approximate surface area is 98.1 Å². The molecule has 1 aliphatic heterocycles. The molecule has 1 aliphatic rings. The predicted octanol–water partition coefficient (Wildman–Crippen LogP) is 0.997. The van der Waals surface area contributed by atoms with Gasteiger partial charge in [-0.3, -0.25) is 4.79 Å². The van der Waals surface area contributed by atoms with Gasteiger partial charge in [0, 0.05) is 13.1 Å². The Balaban J connectivity index is 2.60. The van der Waals surface area contributed by atoms with Crippen LogP contribution >= 0.6 is 0 Å². The van der Waals surface area contributed by atoms with E-state index in [1.54, 1.807) is 0 Å². The minimum atomic E-state index is -0.428. The molecule has 94 valence electrons. The molecule has 16 heavy (non-hydrogen) atoms. The molecule has 1 unspecified atom stereocenters. The van der Waals surface area contributed by atoms with E-state index >= 15 is 0 Å². The second kappa shape index (κ2) is 5.15. The van der Waals surface area contributed by atoms with Gasteiger partial charge in [-0.05, 0) is 11.8 Å². The second-order valence-electron chi connectivity index (χ2n) is 5.53. The largest absolute Gasteiger partial charge is 0.375 e. The molecule has 1 amide bonds. The Morgan fingerprint density at radius 1 is 1.56 bits per heavy atom. The first-order chi connectivity index (χ1) is 7.36. The van der Waals surface area contributed by atoms with Crippen molar-refractivity contribution in [2.75, 3.05) is 19.7 Å². The Hall–Kier alpha value is -0.610. The fourth-order valence-electron chi connectivity index (χ4n) is 1.73. The van der Waals surface area contributed by atoms with E-state index in [0.717, 1.165) is 6.42 Å². The van der Waals surface area contributed by atoms with Crippen LogP contribution in [0, 0.1) is 5.41 Å². The summed E-state index contributed by atoms with van der Waals surface area (Å²) in [6.45, 7) is 10.0. The van der Waals surface area contributed by atoms with Crippen LogP contribution < -0.4 is 5.73 Å². The van der Waals surface area contributed by atoms with Gasteiger partial charge in [-0.25, -0.2) is 0 Å². The fraction of sp³-hybridized carbons (Fsp3) is 0.917. The van der Waals surface area contributed by atoms with Gasteiger partial charge >= 0.3 is 0 Å². The van der Waals surface area contributed by atoms with Crippen molar-refractivity contribution in [2.45, 2.75) is 46.3 Å². The van der Waals surface area contributed by atoms with E-state index in [1.165, 1.54) is 0 Å². The molecule has 0 saturated carbocycles. The predicted molar refractivity (Wildman–Crippen MR) is 64.0 cm³/mol. The second-order valence-corrected chi connectivity index (χ2v) is 5.53. The molecule has 1 fully saturated rings. The number of nitrogens with two attached hydrogens (primary N) is 1. The lowest BCUT2D eigenvalue weighted by Gasteiger charge is -2.37. The van der Waals surface area contributed by atoms with Crippen LogP contribution in [0.5, 0.6) is 0 Å². The number of nitrogens with zero attached hydrogens (tertiary/aromatic N) is 1.